The number of thiazole rings is 1. The topological polar surface area (TPSA) is 38.9 Å². The van der Waals surface area contributed by atoms with E-state index < -0.39 is 0 Å². The van der Waals surface area contributed by atoms with Gasteiger partial charge in [-0.3, -0.25) is 0 Å². The third kappa shape index (κ3) is 3.32. The predicted molar refractivity (Wildman–Crippen MR) is 89.7 cm³/mol. The minimum absolute atomic E-state index is 0.511. The molecule has 0 aliphatic carbocycles. The maximum atomic E-state index is 6.03. The average molecular weight is 315 g/mol. The maximum Gasteiger partial charge on any atom is 0.0979 e. The van der Waals surface area contributed by atoms with Gasteiger partial charge >= 0.3 is 0 Å². The molecule has 2 N–H and O–H groups in total. The molecule has 0 atom stereocenters. The van der Waals surface area contributed by atoms with Gasteiger partial charge in [-0.25, -0.2) is 4.98 Å². The zero-order valence-corrected chi connectivity index (χ0v) is 13.0. The summed E-state index contributed by atoms with van der Waals surface area (Å²) in [5.74, 6) is 0. The van der Waals surface area contributed by atoms with Crippen LogP contribution in [0.2, 0.25) is 5.02 Å². The smallest absolute Gasteiger partial charge is 0.0979 e. The minimum Gasteiger partial charge on any atom is -0.326 e. The van der Waals surface area contributed by atoms with Crippen LogP contribution >= 0.6 is 22.9 Å². The first-order valence-electron chi connectivity index (χ1n) is 6.75. The standard InChI is InChI=1S/C17H15ClN2S/c18-14-8-4-5-12(9-14)10-16-20-17(15(11-19)21-16)13-6-2-1-3-7-13/h1-9H,10-11,19H2. The van der Waals surface area contributed by atoms with Crippen LogP contribution in [0.4, 0.5) is 0 Å². The lowest BCUT2D eigenvalue weighted by atomic mass is 10.1. The Morgan fingerprint density at radius 1 is 1.05 bits per heavy atom. The van der Waals surface area contributed by atoms with E-state index >= 15 is 0 Å². The van der Waals surface area contributed by atoms with E-state index in [9.17, 15) is 0 Å². The van der Waals surface area contributed by atoms with Crippen molar-refractivity contribution in [2.24, 2.45) is 5.73 Å². The number of nitrogens with zero attached hydrogens (tertiary/aromatic N) is 1. The lowest BCUT2D eigenvalue weighted by Gasteiger charge is -1.99. The van der Waals surface area contributed by atoms with Crippen LogP contribution < -0.4 is 5.73 Å². The normalized spacial score (nSPS) is 10.8. The fraction of sp³-hybridized carbons (Fsp3) is 0.118. The molecule has 1 aromatic heterocycles. The maximum absolute atomic E-state index is 6.03. The van der Waals surface area contributed by atoms with Crippen LogP contribution in [-0.2, 0) is 13.0 Å². The Balaban J connectivity index is 1.93. The quantitative estimate of drug-likeness (QED) is 0.769. The van der Waals surface area contributed by atoms with Crippen LogP contribution in [-0.4, -0.2) is 4.98 Å². The Bertz CT molecular complexity index is 738. The zero-order chi connectivity index (χ0) is 14.7. The molecule has 0 fully saturated rings. The Kier molecular flexibility index (Phi) is 4.34. The summed E-state index contributed by atoms with van der Waals surface area (Å²) in [5, 5.41) is 1.82. The predicted octanol–water partition coefficient (Wildman–Crippen LogP) is 4.51. The molecule has 0 saturated heterocycles. The van der Waals surface area contributed by atoms with Crippen LogP contribution in [0.25, 0.3) is 11.3 Å². The van der Waals surface area contributed by atoms with Gasteiger partial charge in [-0.2, -0.15) is 0 Å². The lowest BCUT2D eigenvalue weighted by Crippen LogP contribution is -1.95. The van der Waals surface area contributed by atoms with Crippen LogP contribution in [0, 0.1) is 0 Å². The molecule has 3 aromatic rings. The van der Waals surface area contributed by atoms with Crippen molar-refractivity contribution in [3.05, 3.63) is 75.1 Å². The molecule has 0 spiro atoms. The molecular weight excluding hydrogens is 300 g/mol. The van der Waals surface area contributed by atoms with Gasteiger partial charge in [-0.1, -0.05) is 54.1 Å². The van der Waals surface area contributed by atoms with Crippen molar-refractivity contribution in [1.82, 2.24) is 4.98 Å². The van der Waals surface area contributed by atoms with E-state index in [2.05, 4.69) is 18.2 Å². The molecule has 2 aromatic carbocycles. The van der Waals surface area contributed by atoms with Gasteiger partial charge in [0.1, 0.15) is 0 Å². The summed E-state index contributed by atoms with van der Waals surface area (Å²) in [6.45, 7) is 0.511. The SMILES string of the molecule is NCc1sc(Cc2cccc(Cl)c2)nc1-c1ccccc1. The molecule has 3 rings (SSSR count). The number of hydrogen-bond donors (Lipinski definition) is 1. The van der Waals surface area contributed by atoms with Gasteiger partial charge in [0, 0.05) is 28.4 Å². The summed E-state index contributed by atoms with van der Waals surface area (Å²) in [6, 6.07) is 18.1. The second-order valence-corrected chi connectivity index (χ2v) is 6.36. The second-order valence-electron chi connectivity index (χ2n) is 4.76. The van der Waals surface area contributed by atoms with Gasteiger partial charge in [0.15, 0.2) is 0 Å². The summed E-state index contributed by atoms with van der Waals surface area (Å²) in [5.41, 5.74) is 9.15. The van der Waals surface area contributed by atoms with E-state index in [4.69, 9.17) is 22.3 Å². The fourth-order valence-electron chi connectivity index (χ4n) is 2.26. The van der Waals surface area contributed by atoms with Gasteiger partial charge in [-0.05, 0) is 17.7 Å². The summed E-state index contributed by atoms with van der Waals surface area (Å²) in [4.78, 5) is 5.90. The van der Waals surface area contributed by atoms with Gasteiger partial charge in [0.05, 0.1) is 10.7 Å². The van der Waals surface area contributed by atoms with E-state index in [1.807, 2.05) is 36.4 Å². The number of benzene rings is 2. The van der Waals surface area contributed by atoms with Crippen molar-refractivity contribution in [3.8, 4) is 11.3 Å². The number of hydrogen-bond acceptors (Lipinski definition) is 3. The number of halogens is 1. The second kappa shape index (κ2) is 6.39. The summed E-state index contributed by atoms with van der Waals surface area (Å²) in [6.07, 6.45) is 0.783. The van der Waals surface area contributed by atoms with Crippen molar-refractivity contribution >= 4 is 22.9 Å². The molecule has 0 unspecified atom stereocenters. The first-order chi connectivity index (χ1) is 10.3. The molecule has 0 amide bonds. The summed E-state index contributed by atoms with van der Waals surface area (Å²) in [7, 11) is 0. The minimum atomic E-state index is 0.511. The zero-order valence-electron chi connectivity index (χ0n) is 11.4. The van der Waals surface area contributed by atoms with Crippen molar-refractivity contribution < 1.29 is 0 Å². The first kappa shape index (κ1) is 14.3. The third-order valence-corrected chi connectivity index (χ3v) is 4.53. The largest absolute Gasteiger partial charge is 0.326 e. The van der Waals surface area contributed by atoms with Gasteiger partial charge in [0.25, 0.3) is 0 Å². The Morgan fingerprint density at radius 2 is 1.86 bits per heavy atom. The van der Waals surface area contributed by atoms with E-state index in [1.165, 1.54) is 5.56 Å². The van der Waals surface area contributed by atoms with Gasteiger partial charge in [0.2, 0.25) is 0 Å². The van der Waals surface area contributed by atoms with Gasteiger partial charge < -0.3 is 5.73 Å². The molecule has 0 radical (unpaired) electrons. The molecule has 1 heterocycles. The molecule has 4 heteroatoms. The number of rotatable bonds is 4. The lowest BCUT2D eigenvalue weighted by molar-refractivity contribution is 1.09. The monoisotopic (exact) mass is 314 g/mol. The van der Waals surface area contributed by atoms with E-state index in [0.29, 0.717) is 6.54 Å². The van der Waals surface area contributed by atoms with E-state index in [1.54, 1.807) is 11.3 Å². The van der Waals surface area contributed by atoms with Gasteiger partial charge in [-0.15, -0.1) is 11.3 Å². The highest BCUT2D eigenvalue weighted by Gasteiger charge is 2.12. The summed E-state index contributed by atoms with van der Waals surface area (Å²) < 4.78 is 0. The Hall–Kier alpha value is -1.68. The molecule has 0 aliphatic rings. The fourth-order valence-corrected chi connectivity index (χ4v) is 3.47. The van der Waals surface area contributed by atoms with Crippen LogP contribution in [0.3, 0.4) is 0 Å². The van der Waals surface area contributed by atoms with Crippen LogP contribution in [0.1, 0.15) is 15.4 Å². The van der Waals surface area contributed by atoms with Crippen molar-refractivity contribution in [3.63, 3.8) is 0 Å². The van der Waals surface area contributed by atoms with Crippen molar-refractivity contribution in [1.29, 1.82) is 0 Å². The molecular formula is C17H15ClN2S. The third-order valence-electron chi connectivity index (χ3n) is 3.22. The number of aromatic nitrogens is 1. The highest BCUT2D eigenvalue weighted by atomic mass is 35.5. The van der Waals surface area contributed by atoms with Crippen LogP contribution in [0.15, 0.2) is 54.6 Å². The van der Waals surface area contributed by atoms with E-state index in [-0.39, 0.29) is 0 Å². The Labute approximate surface area is 133 Å². The average Bonchev–Trinajstić information content (AvgIpc) is 2.91. The Morgan fingerprint density at radius 3 is 2.57 bits per heavy atom. The highest BCUT2D eigenvalue weighted by Crippen LogP contribution is 2.29. The molecule has 21 heavy (non-hydrogen) atoms. The van der Waals surface area contributed by atoms with Crippen molar-refractivity contribution in [2.45, 2.75) is 13.0 Å². The van der Waals surface area contributed by atoms with Crippen LogP contribution in [0.5, 0.6) is 0 Å². The molecule has 0 aliphatic heterocycles. The number of nitrogens with two attached hydrogens (primary N) is 1. The molecule has 2 nitrogen and oxygen atoms in total. The molecule has 0 bridgehead atoms. The van der Waals surface area contributed by atoms with E-state index in [0.717, 1.165) is 32.6 Å². The molecule has 106 valence electrons. The first-order valence-corrected chi connectivity index (χ1v) is 7.94. The summed E-state index contributed by atoms with van der Waals surface area (Å²) >= 11 is 7.71. The molecule has 0 saturated carbocycles. The van der Waals surface area contributed by atoms with Crippen molar-refractivity contribution in [2.75, 3.05) is 0 Å². The highest BCUT2D eigenvalue weighted by molar-refractivity contribution is 7.12.